The number of amides is 1. The van der Waals surface area contributed by atoms with Crippen LogP contribution in [0.4, 0.5) is 18.9 Å². The van der Waals surface area contributed by atoms with Gasteiger partial charge in [-0.1, -0.05) is 6.07 Å². The number of hydrogen-bond donors (Lipinski definition) is 2. The van der Waals surface area contributed by atoms with E-state index in [2.05, 4.69) is 0 Å². The highest BCUT2D eigenvalue weighted by Gasteiger charge is 2.38. The summed E-state index contributed by atoms with van der Waals surface area (Å²) in [6.45, 7) is -0.196. The minimum Gasteiger partial charge on any atom is -0.392 e. The van der Waals surface area contributed by atoms with Gasteiger partial charge in [0, 0.05) is 12.2 Å². The van der Waals surface area contributed by atoms with Crippen LogP contribution in [0.5, 0.6) is 0 Å². The lowest BCUT2D eigenvalue weighted by Gasteiger charge is -2.36. The van der Waals surface area contributed by atoms with Crippen molar-refractivity contribution < 1.29 is 27.8 Å². The normalized spacial score (nSPS) is 19.6. The van der Waals surface area contributed by atoms with Crippen molar-refractivity contribution in [3.8, 4) is 0 Å². The molecule has 0 aromatic heterocycles. The monoisotopic (exact) mass is 304 g/mol. The Balaban J connectivity index is 2.48. The molecule has 1 aromatic rings. The lowest BCUT2D eigenvalue weighted by Crippen LogP contribution is -2.53. The zero-order valence-corrected chi connectivity index (χ0v) is 11.1. The number of primary amides is 1. The molecule has 0 radical (unpaired) electrons. The highest BCUT2D eigenvalue weighted by Crippen LogP contribution is 2.38. The fraction of sp³-hybridized carbons (Fsp3) is 0.462. The summed E-state index contributed by atoms with van der Waals surface area (Å²) in [5.74, 6) is -0.742. The molecule has 1 heterocycles. The number of anilines is 1. The van der Waals surface area contributed by atoms with Gasteiger partial charge in [0.1, 0.15) is 6.04 Å². The van der Waals surface area contributed by atoms with Crippen molar-refractivity contribution >= 4 is 11.6 Å². The van der Waals surface area contributed by atoms with E-state index < -0.39 is 30.3 Å². The Morgan fingerprint density at radius 3 is 2.76 bits per heavy atom. The molecule has 0 bridgehead atoms. The van der Waals surface area contributed by atoms with Crippen LogP contribution in [0.3, 0.4) is 0 Å². The van der Waals surface area contributed by atoms with Crippen LogP contribution < -0.4 is 10.6 Å². The van der Waals surface area contributed by atoms with E-state index in [1.54, 1.807) is 0 Å². The Hall–Kier alpha value is -1.80. The van der Waals surface area contributed by atoms with Crippen molar-refractivity contribution in [3.63, 3.8) is 0 Å². The molecule has 0 spiro atoms. The summed E-state index contributed by atoms with van der Waals surface area (Å²) in [5, 5.41) is 8.99. The van der Waals surface area contributed by atoms with Gasteiger partial charge in [0.15, 0.2) is 0 Å². The molecule has 116 valence electrons. The van der Waals surface area contributed by atoms with Gasteiger partial charge in [-0.25, -0.2) is 0 Å². The predicted octanol–water partition coefficient (Wildman–Crippen LogP) is 0.888. The average molecular weight is 304 g/mol. The number of nitrogens with zero attached hydrogens (tertiary/aromatic N) is 1. The Bertz CT molecular complexity index is 534. The Morgan fingerprint density at radius 1 is 1.48 bits per heavy atom. The number of ether oxygens (including phenoxy) is 1. The zero-order chi connectivity index (χ0) is 15.6. The van der Waals surface area contributed by atoms with Crippen molar-refractivity contribution in [1.29, 1.82) is 0 Å². The smallest absolute Gasteiger partial charge is 0.392 e. The van der Waals surface area contributed by atoms with Gasteiger partial charge < -0.3 is 20.5 Å². The largest absolute Gasteiger partial charge is 0.418 e. The first-order chi connectivity index (χ1) is 9.84. The lowest BCUT2D eigenvalue weighted by atomic mass is 10.0. The molecule has 21 heavy (non-hydrogen) atoms. The number of alkyl halides is 3. The maximum absolute atomic E-state index is 13.2. The van der Waals surface area contributed by atoms with E-state index in [1.807, 2.05) is 0 Å². The fourth-order valence-corrected chi connectivity index (χ4v) is 2.29. The number of morpholine rings is 1. The third kappa shape index (κ3) is 3.27. The first-order valence-corrected chi connectivity index (χ1v) is 6.29. The van der Waals surface area contributed by atoms with Crippen molar-refractivity contribution in [2.24, 2.45) is 5.73 Å². The second kappa shape index (κ2) is 5.90. The van der Waals surface area contributed by atoms with E-state index in [0.717, 1.165) is 6.07 Å². The molecule has 2 rings (SSSR count). The van der Waals surface area contributed by atoms with Crippen molar-refractivity contribution in [2.45, 2.75) is 18.8 Å². The first-order valence-electron chi connectivity index (χ1n) is 6.29. The van der Waals surface area contributed by atoms with Crippen molar-refractivity contribution in [2.75, 3.05) is 24.7 Å². The van der Waals surface area contributed by atoms with Gasteiger partial charge in [0.2, 0.25) is 5.91 Å². The van der Waals surface area contributed by atoms with Gasteiger partial charge >= 0.3 is 6.18 Å². The quantitative estimate of drug-likeness (QED) is 0.869. The first kappa shape index (κ1) is 15.6. The highest BCUT2D eigenvalue weighted by atomic mass is 19.4. The molecule has 1 aromatic carbocycles. The van der Waals surface area contributed by atoms with E-state index in [1.165, 1.54) is 17.0 Å². The van der Waals surface area contributed by atoms with Gasteiger partial charge in [-0.15, -0.1) is 0 Å². The van der Waals surface area contributed by atoms with Crippen molar-refractivity contribution in [1.82, 2.24) is 0 Å². The number of halogens is 3. The topological polar surface area (TPSA) is 75.8 Å². The summed E-state index contributed by atoms with van der Waals surface area (Å²) in [5.41, 5.74) is 4.34. The Kier molecular flexibility index (Phi) is 4.38. The average Bonchev–Trinajstić information content (AvgIpc) is 2.45. The second-order valence-corrected chi connectivity index (χ2v) is 4.69. The molecule has 1 amide bonds. The van der Waals surface area contributed by atoms with Gasteiger partial charge in [0.05, 0.1) is 25.4 Å². The van der Waals surface area contributed by atoms with Crippen LogP contribution in [-0.4, -0.2) is 36.8 Å². The molecular formula is C13H15F3N2O3. The van der Waals surface area contributed by atoms with E-state index in [0.29, 0.717) is 0 Å². The predicted molar refractivity (Wildman–Crippen MR) is 68.5 cm³/mol. The van der Waals surface area contributed by atoms with Gasteiger partial charge in [0.25, 0.3) is 0 Å². The van der Waals surface area contributed by atoms with Crippen LogP contribution >= 0.6 is 0 Å². The minimum absolute atomic E-state index is 0.0472. The standard InChI is InChI=1S/C13H15F3N2O3/c14-13(15,16)9-5-8(6-19)1-2-10(9)18-3-4-21-7-11(18)12(17)20/h1-2,5,11,19H,3-4,6-7H2,(H2,17,20). The molecule has 0 aliphatic carbocycles. The van der Waals surface area contributed by atoms with Crippen LogP contribution in [0.15, 0.2) is 18.2 Å². The molecule has 1 unspecified atom stereocenters. The molecular weight excluding hydrogens is 289 g/mol. The summed E-state index contributed by atoms with van der Waals surface area (Å²) in [6, 6.07) is 2.57. The van der Waals surface area contributed by atoms with E-state index in [-0.39, 0.29) is 31.0 Å². The van der Waals surface area contributed by atoms with Crippen LogP contribution in [0.25, 0.3) is 0 Å². The lowest BCUT2D eigenvalue weighted by molar-refractivity contribution is -0.137. The number of rotatable bonds is 3. The van der Waals surface area contributed by atoms with Gasteiger partial charge in [-0.2, -0.15) is 13.2 Å². The summed E-state index contributed by atoms with van der Waals surface area (Å²) in [4.78, 5) is 12.7. The number of aliphatic hydroxyl groups excluding tert-OH is 1. The zero-order valence-electron chi connectivity index (χ0n) is 11.1. The number of aliphatic hydroxyl groups is 1. The highest BCUT2D eigenvalue weighted by molar-refractivity contribution is 5.84. The summed E-state index contributed by atoms with van der Waals surface area (Å²) < 4.78 is 44.7. The van der Waals surface area contributed by atoms with E-state index in [9.17, 15) is 18.0 Å². The molecule has 3 N–H and O–H groups in total. The maximum Gasteiger partial charge on any atom is 0.418 e. The second-order valence-electron chi connectivity index (χ2n) is 4.69. The molecule has 1 atom stereocenters. The van der Waals surface area contributed by atoms with Crippen molar-refractivity contribution in [3.05, 3.63) is 29.3 Å². The maximum atomic E-state index is 13.2. The van der Waals surface area contributed by atoms with Crippen LogP contribution in [-0.2, 0) is 22.3 Å². The van der Waals surface area contributed by atoms with E-state index in [4.69, 9.17) is 15.6 Å². The number of hydrogen-bond acceptors (Lipinski definition) is 4. The summed E-state index contributed by atoms with van der Waals surface area (Å²) >= 11 is 0. The molecule has 1 aliphatic rings. The number of benzene rings is 1. The van der Waals surface area contributed by atoms with Crippen LogP contribution in [0, 0.1) is 0 Å². The molecule has 5 nitrogen and oxygen atoms in total. The minimum atomic E-state index is -4.60. The molecule has 1 fully saturated rings. The van der Waals surface area contributed by atoms with E-state index >= 15 is 0 Å². The Morgan fingerprint density at radius 2 is 2.19 bits per heavy atom. The van der Waals surface area contributed by atoms with Crippen LogP contribution in [0.2, 0.25) is 0 Å². The summed E-state index contributed by atoms with van der Waals surface area (Å²) in [7, 11) is 0. The Labute approximate surface area is 119 Å². The number of carbonyl (C=O) groups is 1. The third-order valence-corrected chi connectivity index (χ3v) is 3.32. The molecule has 0 saturated carbocycles. The molecule has 1 saturated heterocycles. The molecule has 1 aliphatic heterocycles. The fourth-order valence-electron chi connectivity index (χ4n) is 2.29. The third-order valence-electron chi connectivity index (χ3n) is 3.32. The number of carbonyl (C=O) groups excluding carboxylic acids is 1. The molecule has 8 heteroatoms. The van der Waals surface area contributed by atoms with Gasteiger partial charge in [-0.3, -0.25) is 4.79 Å². The summed E-state index contributed by atoms with van der Waals surface area (Å²) in [6.07, 6.45) is -4.60. The van der Waals surface area contributed by atoms with Crippen LogP contribution in [0.1, 0.15) is 11.1 Å². The SMILES string of the molecule is NC(=O)C1COCCN1c1ccc(CO)cc1C(F)(F)F. The van der Waals surface area contributed by atoms with Gasteiger partial charge in [-0.05, 0) is 17.7 Å². The number of nitrogens with two attached hydrogens (primary N) is 1.